The molecule has 6 nitrogen and oxygen atoms in total. The van der Waals surface area contributed by atoms with E-state index >= 15 is 0 Å². The van der Waals surface area contributed by atoms with Gasteiger partial charge in [0, 0.05) is 17.7 Å². The van der Waals surface area contributed by atoms with Crippen molar-refractivity contribution >= 4 is 24.0 Å². The van der Waals surface area contributed by atoms with Crippen LogP contribution in [0.2, 0.25) is 0 Å². The zero-order valence-electron chi connectivity index (χ0n) is 15.4. The van der Waals surface area contributed by atoms with E-state index in [1.54, 1.807) is 0 Å². The van der Waals surface area contributed by atoms with Crippen molar-refractivity contribution in [2.24, 2.45) is 5.73 Å². The second-order valence-electron chi connectivity index (χ2n) is 6.86. The molecule has 0 radical (unpaired) electrons. The Balaban J connectivity index is 0.00000261. The summed E-state index contributed by atoms with van der Waals surface area (Å²) in [5, 5.41) is 9.87. The number of anilines is 1. The van der Waals surface area contributed by atoms with Crippen LogP contribution in [-0.2, 0) is 16.8 Å². The second kappa shape index (κ2) is 8.79. The normalized spacial score (nSPS) is 10.9. The van der Waals surface area contributed by atoms with E-state index in [1.165, 1.54) is 0 Å². The van der Waals surface area contributed by atoms with Crippen LogP contribution in [0.15, 0.2) is 54.6 Å². The number of amides is 1. The maximum absolute atomic E-state index is 12.4. The third kappa shape index (κ3) is 5.15. The molecule has 0 unspecified atom stereocenters. The molecule has 2 aromatic carbocycles. The summed E-state index contributed by atoms with van der Waals surface area (Å²) in [4.78, 5) is 16.7. The van der Waals surface area contributed by atoms with E-state index in [1.807, 2.05) is 42.5 Å². The van der Waals surface area contributed by atoms with Gasteiger partial charge in [0.15, 0.2) is 5.82 Å². The lowest BCUT2D eigenvalue weighted by molar-refractivity contribution is -0.117. The fourth-order valence-corrected chi connectivity index (χ4v) is 2.82. The Kier molecular flexibility index (Phi) is 6.71. The molecular formula is C20H24ClN5O. The van der Waals surface area contributed by atoms with Crippen molar-refractivity contribution < 1.29 is 4.79 Å². The first-order valence-corrected chi connectivity index (χ1v) is 8.55. The van der Waals surface area contributed by atoms with Gasteiger partial charge in [0.2, 0.25) is 5.91 Å². The average molecular weight is 386 g/mol. The van der Waals surface area contributed by atoms with E-state index in [2.05, 4.69) is 46.5 Å². The first-order valence-electron chi connectivity index (χ1n) is 8.55. The van der Waals surface area contributed by atoms with Gasteiger partial charge in [-0.3, -0.25) is 9.89 Å². The molecule has 0 bridgehead atoms. The number of hydrogen-bond acceptors (Lipinski definition) is 4. The van der Waals surface area contributed by atoms with Crippen LogP contribution < -0.4 is 11.1 Å². The molecule has 3 aromatic rings. The number of nitrogens with zero attached hydrogens (tertiary/aromatic N) is 2. The summed E-state index contributed by atoms with van der Waals surface area (Å²) < 4.78 is 0. The third-order valence-electron chi connectivity index (χ3n) is 4.31. The number of carbonyl (C=O) groups is 1. The number of aromatic nitrogens is 3. The molecule has 3 rings (SSSR count). The molecular weight excluding hydrogens is 362 g/mol. The van der Waals surface area contributed by atoms with E-state index in [-0.39, 0.29) is 23.7 Å². The number of benzene rings is 2. The quantitative estimate of drug-likeness (QED) is 0.603. The fraction of sp³-hybridized carbons (Fsp3) is 0.250. The summed E-state index contributed by atoms with van der Waals surface area (Å²) in [6.45, 7) is 4.46. The molecule has 0 aliphatic carbocycles. The minimum Gasteiger partial charge on any atom is -0.326 e. The molecule has 0 spiro atoms. The van der Waals surface area contributed by atoms with E-state index in [4.69, 9.17) is 5.73 Å². The van der Waals surface area contributed by atoms with Crippen LogP contribution in [-0.4, -0.2) is 21.1 Å². The largest absolute Gasteiger partial charge is 0.326 e. The van der Waals surface area contributed by atoms with Crippen molar-refractivity contribution in [3.8, 4) is 11.4 Å². The first-order chi connectivity index (χ1) is 12.5. The van der Waals surface area contributed by atoms with Crippen LogP contribution in [0.5, 0.6) is 0 Å². The molecule has 0 aliphatic heterocycles. The molecule has 27 heavy (non-hydrogen) atoms. The Morgan fingerprint density at radius 2 is 1.78 bits per heavy atom. The molecule has 1 amide bonds. The number of nitrogens with two attached hydrogens (primary N) is 1. The Bertz CT molecular complexity index is 875. The van der Waals surface area contributed by atoms with Gasteiger partial charge in [0.25, 0.3) is 0 Å². The van der Waals surface area contributed by atoms with Gasteiger partial charge in [-0.15, -0.1) is 12.4 Å². The predicted octanol–water partition coefficient (Wildman–Crippen LogP) is 3.66. The van der Waals surface area contributed by atoms with Crippen LogP contribution in [0.3, 0.4) is 0 Å². The fourth-order valence-electron chi connectivity index (χ4n) is 2.82. The predicted molar refractivity (Wildman–Crippen MR) is 110 cm³/mol. The SMILES string of the molecule is CC(C)(CC(=O)Nc1ccc(-c2n[nH]c(CN)n2)cc1)c1ccccc1.Cl. The van der Waals surface area contributed by atoms with Gasteiger partial charge in [0.05, 0.1) is 6.54 Å². The highest BCUT2D eigenvalue weighted by atomic mass is 35.5. The lowest BCUT2D eigenvalue weighted by Gasteiger charge is -2.24. The lowest BCUT2D eigenvalue weighted by atomic mass is 9.81. The monoisotopic (exact) mass is 385 g/mol. The Morgan fingerprint density at radius 3 is 2.37 bits per heavy atom. The minimum atomic E-state index is -0.233. The summed E-state index contributed by atoms with van der Waals surface area (Å²) in [5.41, 5.74) is 8.05. The summed E-state index contributed by atoms with van der Waals surface area (Å²) >= 11 is 0. The van der Waals surface area contributed by atoms with Crippen LogP contribution in [0.1, 0.15) is 31.7 Å². The first kappa shape index (κ1) is 20.6. The van der Waals surface area contributed by atoms with Gasteiger partial charge in [-0.25, -0.2) is 4.98 Å². The Labute approximate surface area is 165 Å². The molecule has 7 heteroatoms. The Morgan fingerprint density at radius 1 is 1.11 bits per heavy atom. The van der Waals surface area contributed by atoms with Crippen LogP contribution >= 0.6 is 12.4 Å². The zero-order chi connectivity index (χ0) is 18.6. The molecule has 0 fully saturated rings. The second-order valence-corrected chi connectivity index (χ2v) is 6.86. The number of carbonyl (C=O) groups excluding carboxylic acids is 1. The van der Waals surface area contributed by atoms with Crippen LogP contribution in [0.4, 0.5) is 5.69 Å². The topological polar surface area (TPSA) is 96.7 Å². The van der Waals surface area contributed by atoms with Crippen molar-refractivity contribution in [3.05, 3.63) is 66.0 Å². The van der Waals surface area contributed by atoms with E-state index in [0.29, 0.717) is 24.6 Å². The average Bonchev–Trinajstić information content (AvgIpc) is 3.12. The van der Waals surface area contributed by atoms with Crippen LogP contribution in [0, 0.1) is 0 Å². The van der Waals surface area contributed by atoms with Gasteiger partial charge in [-0.1, -0.05) is 44.2 Å². The van der Waals surface area contributed by atoms with Gasteiger partial charge in [0.1, 0.15) is 5.82 Å². The molecule has 4 N–H and O–H groups in total. The summed E-state index contributed by atoms with van der Waals surface area (Å²) in [7, 11) is 0. The Hall–Kier alpha value is -2.70. The number of halogens is 1. The van der Waals surface area contributed by atoms with Crippen molar-refractivity contribution in [3.63, 3.8) is 0 Å². The number of hydrogen-bond donors (Lipinski definition) is 3. The smallest absolute Gasteiger partial charge is 0.225 e. The molecule has 0 atom stereocenters. The van der Waals surface area contributed by atoms with Crippen molar-refractivity contribution in [1.29, 1.82) is 0 Å². The lowest BCUT2D eigenvalue weighted by Crippen LogP contribution is -2.25. The maximum Gasteiger partial charge on any atom is 0.225 e. The summed E-state index contributed by atoms with van der Waals surface area (Å²) in [6, 6.07) is 17.5. The highest BCUT2D eigenvalue weighted by Gasteiger charge is 2.24. The van der Waals surface area contributed by atoms with E-state index < -0.39 is 0 Å². The number of nitrogens with one attached hydrogen (secondary N) is 2. The van der Waals surface area contributed by atoms with E-state index in [0.717, 1.165) is 16.8 Å². The highest BCUT2D eigenvalue weighted by molar-refractivity contribution is 5.91. The van der Waals surface area contributed by atoms with Crippen molar-refractivity contribution in [1.82, 2.24) is 15.2 Å². The van der Waals surface area contributed by atoms with Gasteiger partial charge >= 0.3 is 0 Å². The number of rotatable bonds is 6. The van der Waals surface area contributed by atoms with E-state index in [9.17, 15) is 4.79 Å². The standard InChI is InChI=1S/C20H23N5O.ClH/c1-20(2,15-6-4-3-5-7-15)12-18(26)22-16-10-8-14(9-11-16)19-23-17(13-21)24-25-19;/h3-11H,12-13,21H2,1-2H3,(H,22,26)(H,23,24,25);1H. The molecule has 0 saturated heterocycles. The molecule has 0 aliphatic rings. The van der Waals surface area contributed by atoms with Crippen molar-refractivity contribution in [2.75, 3.05) is 5.32 Å². The molecule has 142 valence electrons. The highest BCUT2D eigenvalue weighted by Crippen LogP contribution is 2.27. The summed E-state index contributed by atoms with van der Waals surface area (Å²) in [6.07, 6.45) is 0.402. The third-order valence-corrected chi connectivity index (χ3v) is 4.31. The molecule has 1 heterocycles. The minimum absolute atomic E-state index is 0. The number of H-pyrrole nitrogens is 1. The maximum atomic E-state index is 12.4. The van der Waals surface area contributed by atoms with Crippen molar-refractivity contribution in [2.45, 2.75) is 32.2 Å². The van der Waals surface area contributed by atoms with Gasteiger partial charge in [-0.2, -0.15) is 5.10 Å². The number of aromatic amines is 1. The van der Waals surface area contributed by atoms with Crippen LogP contribution in [0.25, 0.3) is 11.4 Å². The summed E-state index contributed by atoms with van der Waals surface area (Å²) in [5.74, 6) is 1.21. The molecule has 0 saturated carbocycles. The zero-order valence-corrected chi connectivity index (χ0v) is 16.2. The molecule has 1 aromatic heterocycles. The van der Waals surface area contributed by atoms with Gasteiger partial charge in [-0.05, 0) is 35.2 Å². The van der Waals surface area contributed by atoms with Gasteiger partial charge < -0.3 is 11.1 Å².